The van der Waals surface area contributed by atoms with Gasteiger partial charge in [0, 0.05) is 6.54 Å². The molecule has 0 aromatic heterocycles. The van der Waals surface area contributed by atoms with Crippen LogP contribution in [0.15, 0.2) is 48.5 Å². The Morgan fingerprint density at radius 3 is 2.00 bits per heavy atom. The van der Waals surface area contributed by atoms with Gasteiger partial charge in [-0.15, -0.1) is 0 Å². The quantitative estimate of drug-likeness (QED) is 0.779. The average Bonchev–Trinajstić information content (AvgIpc) is 3.02. The Bertz CT molecular complexity index is 1040. The first-order valence-corrected chi connectivity index (χ1v) is 9.63. The molecule has 0 unspecified atom stereocenters. The SMILES string of the molecule is O=C1CN(Cc2cccc(CN3C(=O)c4ccccc4C3=O)c2)S(=O)(=O)N1. The second-order valence-corrected chi connectivity index (χ2v) is 8.03. The predicted molar refractivity (Wildman–Crippen MR) is 94.6 cm³/mol. The van der Waals surface area contributed by atoms with E-state index in [1.165, 1.54) is 4.90 Å². The van der Waals surface area contributed by atoms with E-state index in [-0.39, 0.29) is 31.4 Å². The molecule has 0 saturated carbocycles. The number of hydrogen-bond donors (Lipinski definition) is 1. The summed E-state index contributed by atoms with van der Waals surface area (Å²) in [6, 6.07) is 13.6. The second kappa shape index (κ2) is 6.29. The van der Waals surface area contributed by atoms with Crippen LogP contribution in [-0.4, -0.2) is 41.9 Å². The van der Waals surface area contributed by atoms with Gasteiger partial charge >= 0.3 is 10.2 Å². The van der Waals surface area contributed by atoms with E-state index in [0.717, 1.165) is 4.31 Å². The highest BCUT2D eigenvalue weighted by Gasteiger charge is 2.35. The van der Waals surface area contributed by atoms with Gasteiger partial charge in [-0.2, -0.15) is 12.7 Å². The zero-order valence-corrected chi connectivity index (χ0v) is 14.9. The summed E-state index contributed by atoms with van der Waals surface area (Å²) in [7, 11) is -3.81. The van der Waals surface area contributed by atoms with Crippen LogP contribution in [0.25, 0.3) is 0 Å². The van der Waals surface area contributed by atoms with Crippen LogP contribution in [0.1, 0.15) is 31.8 Å². The van der Waals surface area contributed by atoms with Crippen molar-refractivity contribution in [3.63, 3.8) is 0 Å². The fraction of sp³-hybridized carbons (Fsp3) is 0.167. The van der Waals surface area contributed by atoms with Crippen molar-refractivity contribution in [2.75, 3.05) is 6.54 Å². The standard InChI is InChI=1S/C18H15N3O5S/c22-16-11-20(27(25,26)19-16)9-12-4-3-5-13(8-12)10-21-17(23)14-6-1-2-7-15(14)18(21)24/h1-8H,9-11H2,(H,19,22). The van der Waals surface area contributed by atoms with Crippen molar-refractivity contribution in [2.24, 2.45) is 0 Å². The van der Waals surface area contributed by atoms with Gasteiger partial charge in [-0.1, -0.05) is 36.4 Å². The van der Waals surface area contributed by atoms with Gasteiger partial charge in [0.15, 0.2) is 0 Å². The van der Waals surface area contributed by atoms with Crippen molar-refractivity contribution >= 4 is 27.9 Å². The summed E-state index contributed by atoms with van der Waals surface area (Å²) in [5.74, 6) is -1.27. The van der Waals surface area contributed by atoms with Gasteiger partial charge in [-0.25, -0.2) is 4.72 Å². The Balaban J connectivity index is 1.53. The maximum atomic E-state index is 12.5. The number of amides is 3. The zero-order chi connectivity index (χ0) is 19.2. The van der Waals surface area contributed by atoms with Crippen LogP contribution < -0.4 is 4.72 Å². The lowest BCUT2D eigenvalue weighted by Crippen LogP contribution is -2.30. The van der Waals surface area contributed by atoms with Crippen LogP contribution in [-0.2, 0) is 28.1 Å². The third kappa shape index (κ3) is 3.11. The number of carbonyl (C=O) groups is 3. The van der Waals surface area contributed by atoms with Gasteiger partial charge in [-0.05, 0) is 23.3 Å². The summed E-state index contributed by atoms with van der Waals surface area (Å²) >= 11 is 0. The normalized spacial score (nSPS) is 18.7. The van der Waals surface area contributed by atoms with E-state index in [1.807, 2.05) is 4.72 Å². The third-order valence-corrected chi connectivity index (χ3v) is 5.90. The fourth-order valence-electron chi connectivity index (χ4n) is 3.22. The van der Waals surface area contributed by atoms with Gasteiger partial charge in [0.1, 0.15) is 0 Å². The minimum atomic E-state index is -3.81. The fourth-order valence-corrected chi connectivity index (χ4v) is 4.31. The molecule has 0 spiro atoms. The molecule has 1 saturated heterocycles. The smallest absolute Gasteiger partial charge is 0.272 e. The highest BCUT2D eigenvalue weighted by molar-refractivity contribution is 7.88. The number of hydrogen-bond acceptors (Lipinski definition) is 5. The van der Waals surface area contributed by atoms with Gasteiger partial charge in [0.05, 0.1) is 24.2 Å². The molecule has 1 fully saturated rings. The largest absolute Gasteiger partial charge is 0.304 e. The van der Waals surface area contributed by atoms with Crippen LogP contribution in [0.5, 0.6) is 0 Å². The van der Waals surface area contributed by atoms with E-state index in [4.69, 9.17) is 0 Å². The van der Waals surface area contributed by atoms with Gasteiger partial charge in [0.25, 0.3) is 11.8 Å². The first-order valence-electron chi connectivity index (χ1n) is 8.19. The molecule has 9 heteroatoms. The Morgan fingerprint density at radius 1 is 0.852 bits per heavy atom. The molecule has 3 amide bonds. The molecule has 0 atom stereocenters. The molecule has 4 rings (SSSR count). The van der Waals surface area contributed by atoms with E-state index < -0.39 is 16.1 Å². The molecule has 2 aliphatic heterocycles. The molecule has 2 aliphatic rings. The van der Waals surface area contributed by atoms with E-state index in [9.17, 15) is 22.8 Å². The molecule has 27 heavy (non-hydrogen) atoms. The lowest BCUT2D eigenvalue weighted by molar-refractivity contribution is -0.118. The van der Waals surface area contributed by atoms with E-state index in [1.54, 1.807) is 48.5 Å². The number of benzene rings is 2. The van der Waals surface area contributed by atoms with E-state index >= 15 is 0 Å². The number of nitrogens with zero attached hydrogens (tertiary/aromatic N) is 2. The molecular weight excluding hydrogens is 370 g/mol. The average molecular weight is 385 g/mol. The zero-order valence-electron chi connectivity index (χ0n) is 14.1. The Hall–Kier alpha value is -3.04. The maximum Gasteiger partial charge on any atom is 0.304 e. The van der Waals surface area contributed by atoms with Crippen molar-refractivity contribution in [1.82, 2.24) is 13.9 Å². The minimum absolute atomic E-state index is 0.0248. The van der Waals surface area contributed by atoms with Crippen LogP contribution in [0.4, 0.5) is 0 Å². The van der Waals surface area contributed by atoms with Crippen molar-refractivity contribution in [3.05, 3.63) is 70.8 Å². The van der Waals surface area contributed by atoms with Gasteiger partial charge < -0.3 is 0 Å². The lowest BCUT2D eigenvalue weighted by atomic mass is 10.1. The molecule has 0 aliphatic carbocycles. The van der Waals surface area contributed by atoms with Crippen LogP contribution in [0.3, 0.4) is 0 Å². The number of rotatable bonds is 4. The van der Waals surface area contributed by atoms with Gasteiger partial charge in [-0.3, -0.25) is 19.3 Å². The third-order valence-electron chi connectivity index (χ3n) is 4.47. The summed E-state index contributed by atoms with van der Waals surface area (Å²) in [5, 5.41) is 0. The molecule has 8 nitrogen and oxygen atoms in total. The highest BCUT2D eigenvalue weighted by atomic mass is 32.2. The van der Waals surface area contributed by atoms with Gasteiger partial charge in [0.2, 0.25) is 5.91 Å². The second-order valence-electron chi connectivity index (χ2n) is 6.36. The van der Waals surface area contributed by atoms with Crippen molar-refractivity contribution in [2.45, 2.75) is 13.1 Å². The number of carbonyl (C=O) groups excluding carboxylic acids is 3. The number of imide groups is 1. The lowest BCUT2D eigenvalue weighted by Gasteiger charge is -2.16. The van der Waals surface area contributed by atoms with Crippen molar-refractivity contribution < 1.29 is 22.8 Å². The molecule has 1 N–H and O–H groups in total. The Kier molecular flexibility index (Phi) is 4.05. The summed E-state index contributed by atoms with van der Waals surface area (Å²) in [6.45, 7) is -0.119. The van der Waals surface area contributed by atoms with Crippen molar-refractivity contribution in [1.29, 1.82) is 0 Å². The molecule has 0 bridgehead atoms. The molecule has 0 radical (unpaired) electrons. The summed E-state index contributed by atoms with van der Waals surface area (Å²) < 4.78 is 26.7. The van der Waals surface area contributed by atoms with Crippen LogP contribution in [0, 0.1) is 0 Å². The highest BCUT2D eigenvalue weighted by Crippen LogP contribution is 2.24. The van der Waals surface area contributed by atoms with E-state index in [0.29, 0.717) is 22.3 Å². The number of fused-ring (bicyclic) bond motifs is 1. The maximum absolute atomic E-state index is 12.5. The Morgan fingerprint density at radius 2 is 1.44 bits per heavy atom. The molecule has 138 valence electrons. The Labute approximate surface area is 155 Å². The first kappa shape index (κ1) is 17.4. The topological polar surface area (TPSA) is 104 Å². The monoisotopic (exact) mass is 385 g/mol. The van der Waals surface area contributed by atoms with E-state index in [2.05, 4.69) is 0 Å². The molecular formula is C18H15N3O5S. The minimum Gasteiger partial charge on any atom is -0.272 e. The van der Waals surface area contributed by atoms with Crippen molar-refractivity contribution in [3.8, 4) is 0 Å². The molecule has 2 aromatic rings. The summed E-state index contributed by atoms with van der Waals surface area (Å²) in [4.78, 5) is 37.4. The number of nitrogens with one attached hydrogen (secondary N) is 1. The molecule has 2 heterocycles. The predicted octanol–water partition coefficient (Wildman–Crippen LogP) is 0.659. The summed E-state index contributed by atoms with van der Waals surface area (Å²) in [6.07, 6.45) is 0. The molecule has 2 aromatic carbocycles. The first-order chi connectivity index (χ1) is 12.8. The summed E-state index contributed by atoms with van der Waals surface area (Å²) in [5.41, 5.74) is 2.11. The van der Waals surface area contributed by atoms with Crippen LogP contribution >= 0.6 is 0 Å². The van der Waals surface area contributed by atoms with Crippen LogP contribution in [0.2, 0.25) is 0 Å².